The van der Waals surface area contributed by atoms with Gasteiger partial charge < -0.3 is 4.90 Å². The highest BCUT2D eigenvalue weighted by molar-refractivity contribution is 7.91. The Labute approximate surface area is 176 Å². The Bertz CT molecular complexity index is 982. The van der Waals surface area contributed by atoms with Crippen LogP contribution in [0.15, 0.2) is 18.2 Å². The number of hydrogen-bond acceptors (Lipinski definition) is 6. The Morgan fingerprint density at radius 2 is 1.77 bits per heavy atom. The van der Waals surface area contributed by atoms with Crippen LogP contribution in [0.4, 0.5) is 0 Å². The summed E-state index contributed by atoms with van der Waals surface area (Å²) in [6.07, 6.45) is 2.30. The third-order valence-corrected chi connectivity index (χ3v) is 8.03. The van der Waals surface area contributed by atoms with Gasteiger partial charge in [-0.1, -0.05) is 13.3 Å². The zero-order chi connectivity index (χ0) is 21.5. The van der Waals surface area contributed by atoms with Crippen molar-refractivity contribution in [3.05, 3.63) is 34.9 Å². The van der Waals surface area contributed by atoms with Gasteiger partial charge in [-0.15, -0.1) is 0 Å². The summed E-state index contributed by atoms with van der Waals surface area (Å²) in [6, 6.07) is 4.78. The summed E-state index contributed by atoms with van der Waals surface area (Å²) >= 11 is 0. The predicted octanol–water partition coefficient (Wildman–Crippen LogP) is 1.03. The number of benzene rings is 1. The van der Waals surface area contributed by atoms with E-state index < -0.39 is 9.84 Å². The molecule has 162 valence electrons. The zero-order valence-electron chi connectivity index (χ0n) is 17.2. The number of piperazine rings is 1. The summed E-state index contributed by atoms with van der Waals surface area (Å²) in [7, 11) is -2.93. The first-order valence-corrected chi connectivity index (χ1v) is 12.4. The van der Waals surface area contributed by atoms with Crippen LogP contribution in [0.2, 0.25) is 0 Å². The fraction of sp³-hybridized carbons (Fsp3) is 0.571. The monoisotopic (exact) mass is 433 g/mol. The van der Waals surface area contributed by atoms with Crippen LogP contribution in [0.3, 0.4) is 0 Å². The largest absolute Gasteiger partial charge is 0.336 e. The van der Waals surface area contributed by atoms with Gasteiger partial charge in [0.2, 0.25) is 0 Å². The van der Waals surface area contributed by atoms with Gasteiger partial charge in [0.15, 0.2) is 9.84 Å². The van der Waals surface area contributed by atoms with E-state index in [0.29, 0.717) is 55.8 Å². The van der Waals surface area contributed by atoms with Crippen molar-refractivity contribution < 1.29 is 22.8 Å². The number of fused-ring (bicyclic) bond motifs is 1. The molecule has 1 aromatic rings. The number of amides is 3. The molecule has 3 heterocycles. The summed E-state index contributed by atoms with van der Waals surface area (Å²) in [4.78, 5) is 43.2. The Balaban J connectivity index is 1.42. The molecule has 1 unspecified atom stereocenters. The van der Waals surface area contributed by atoms with E-state index in [1.807, 2.05) is 6.92 Å². The normalized spacial score (nSPS) is 23.8. The van der Waals surface area contributed by atoms with Crippen molar-refractivity contribution in [3.8, 4) is 0 Å². The number of rotatable bonds is 5. The molecule has 9 heteroatoms. The third kappa shape index (κ3) is 3.88. The quantitative estimate of drug-likeness (QED) is 0.644. The number of hydrogen-bond donors (Lipinski definition) is 0. The Morgan fingerprint density at radius 3 is 2.40 bits per heavy atom. The lowest BCUT2D eigenvalue weighted by Crippen LogP contribution is -2.52. The maximum absolute atomic E-state index is 13.0. The van der Waals surface area contributed by atoms with Crippen molar-refractivity contribution in [2.24, 2.45) is 0 Å². The molecular weight excluding hydrogens is 406 g/mol. The average molecular weight is 434 g/mol. The second-order valence-electron chi connectivity index (χ2n) is 8.26. The van der Waals surface area contributed by atoms with Crippen molar-refractivity contribution in [1.29, 1.82) is 0 Å². The zero-order valence-corrected chi connectivity index (χ0v) is 18.0. The minimum Gasteiger partial charge on any atom is -0.336 e. The lowest BCUT2D eigenvalue weighted by atomic mass is 10.0. The molecule has 0 bridgehead atoms. The van der Waals surface area contributed by atoms with Gasteiger partial charge in [0, 0.05) is 44.3 Å². The van der Waals surface area contributed by atoms with E-state index in [1.54, 1.807) is 23.1 Å². The number of carbonyl (C=O) groups is 3. The number of carbonyl (C=O) groups excluding carboxylic acids is 3. The van der Waals surface area contributed by atoms with Crippen molar-refractivity contribution in [1.82, 2.24) is 14.7 Å². The van der Waals surface area contributed by atoms with Crippen molar-refractivity contribution >= 4 is 27.6 Å². The highest BCUT2D eigenvalue weighted by Gasteiger charge is 2.37. The van der Waals surface area contributed by atoms with Crippen LogP contribution in [-0.2, 0) is 9.84 Å². The van der Waals surface area contributed by atoms with Crippen LogP contribution in [0.25, 0.3) is 0 Å². The van der Waals surface area contributed by atoms with Crippen molar-refractivity contribution in [2.75, 3.05) is 44.2 Å². The minimum atomic E-state index is -2.93. The Morgan fingerprint density at radius 1 is 1.07 bits per heavy atom. The van der Waals surface area contributed by atoms with Gasteiger partial charge >= 0.3 is 0 Å². The van der Waals surface area contributed by atoms with Crippen LogP contribution in [-0.4, -0.2) is 91.1 Å². The maximum atomic E-state index is 13.0. The second kappa shape index (κ2) is 8.11. The highest BCUT2D eigenvalue weighted by atomic mass is 32.2. The number of imide groups is 1. The summed E-state index contributed by atoms with van der Waals surface area (Å²) in [5.74, 6) is -0.332. The van der Waals surface area contributed by atoms with Crippen molar-refractivity contribution in [2.45, 2.75) is 32.2 Å². The average Bonchev–Trinajstić information content (AvgIpc) is 3.22. The van der Waals surface area contributed by atoms with Gasteiger partial charge in [-0.3, -0.25) is 24.2 Å². The summed E-state index contributed by atoms with van der Waals surface area (Å²) in [6.45, 7) is 4.70. The van der Waals surface area contributed by atoms with Gasteiger partial charge in [-0.05, 0) is 31.0 Å². The molecule has 3 aliphatic heterocycles. The van der Waals surface area contributed by atoms with E-state index in [-0.39, 0.29) is 35.3 Å². The molecule has 1 aromatic carbocycles. The number of nitrogens with zero attached hydrogens (tertiary/aromatic N) is 3. The lowest BCUT2D eigenvalue weighted by Gasteiger charge is -2.37. The molecule has 2 fully saturated rings. The van der Waals surface area contributed by atoms with Gasteiger partial charge in [0.1, 0.15) is 0 Å². The van der Waals surface area contributed by atoms with Crippen molar-refractivity contribution in [3.63, 3.8) is 0 Å². The van der Waals surface area contributed by atoms with E-state index in [9.17, 15) is 22.8 Å². The molecule has 4 rings (SSSR count). The maximum Gasteiger partial charge on any atom is 0.261 e. The molecule has 0 N–H and O–H groups in total. The molecular formula is C21H27N3O5S. The Kier molecular flexibility index (Phi) is 5.67. The first kappa shape index (κ1) is 21.0. The summed E-state index contributed by atoms with van der Waals surface area (Å²) in [5.41, 5.74) is 1.07. The van der Waals surface area contributed by atoms with E-state index in [0.717, 1.165) is 12.8 Å². The van der Waals surface area contributed by atoms with E-state index >= 15 is 0 Å². The molecule has 0 spiro atoms. The van der Waals surface area contributed by atoms with E-state index in [1.165, 1.54) is 4.90 Å². The van der Waals surface area contributed by atoms with Gasteiger partial charge in [-0.2, -0.15) is 0 Å². The van der Waals surface area contributed by atoms with Crippen LogP contribution < -0.4 is 0 Å². The fourth-order valence-corrected chi connectivity index (χ4v) is 6.24. The predicted molar refractivity (Wildman–Crippen MR) is 111 cm³/mol. The second-order valence-corrected chi connectivity index (χ2v) is 10.5. The molecule has 3 aliphatic rings. The molecule has 0 saturated carbocycles. The molecule has 3 amide bonds. The smallest absolute Gasteiger partial charge is 0.261 e. The summed E-state index contributed by atoms with van der Waals surface area (Å²) in [5, 5.41) is 0. The number of sulfone groups is 1. The fourth-order valence-electron chi connectivity index (χ4n) is 4.48. The van der Waals surface area contributed by atoms with Gasteiger partial charge in [-0.25, -0.2) is 8.42 Å². The van der Waals surface area contributed by atoms with E-state index in [2.05, 4.69) is 4.90 Å². The van der Waals surface area contributed by atoms with Gasteiger partial charge in [0.05, 0.1) is 22.6 Å². The molecule has 0 radical (unpaired) electrons. The summed E-state index contributed by atoms with van der Waals surface area (Å²) < 4.78 is 23.4. The molecule has 0 aromatic heterocycles. The Hall–Kier alpha value is -2.26. The molecule has 8 nitrogen and oxygen atoms in total. The topological polar surface area (TPSA) is 95.1 Å². The highest BCUT2D eigenvalue weighted by Crippen LogP contribution is 2.25. The van der Waals surface area contributed by atoms with E-state index in [4.69, 9.17) is 0 Å². The van der Waals surface area contributed by atoms with Crippen LogP contribution in [0.1, 0.15) is 57.3 Å². The molecule has 30 heavy (non-hydrogen) atoms. The lowest BCUT2D eigenvalue weighted by molar-refractivity contribution is 0.0587. The van der Waals surface area contributed by atoms with Crippen LogP contribution in [0, 0.1) is 0 Å². The number of unbranched alkanes of at least 4 members (excludes halogenated alkanes) is 1. The standard InChI is InChI=1S/C21H27N3O5S/c1-2-3-7-24-20(26)17-5-4-15(13-18(17)21(24)27)19(25)23-10-8-22(9-11-23)16-6-12-30(28,29)14-16/h4-5,13,16H,2-3,6-12,14H2,1H3. The minimum absolute atomic E-state index is 0.0463. The third-order valence-electron chi connectivity index (χ3n) is 6.28. The SMILES string of the molecule is CCCCN1C(=O)c2ccc(C(=O)N3CCN(C4CCS(=O)(=O)C4)CC3)cc2C1=O. The first-order valence-electron chi connectivity index (χ1n) is 10.5. The molecule has 2 saturated heterocycles. The molecule has 0 aliphatic carbocycles. The van der Waals surface area contributed by atoms with Gasteiger partial charge in [0.25, 0.3) is 17.7 Å². The molecule has 1 atom stereocenters. The first-order chi connectivity index (χ1) is 14.3. The van der Waals surface area contributed by atoms with Crippen LogP contribution >= 0.6 is 0 Å². The van der Waals surface area contributed by atoms with Crippen LogP contribution in [0.5, 0.6) is 0 Å².